The van der Waals surface area contributed by atoms with Crippen LogP contribution >= 0.6 is 11.8 Å². The Labute approximate surface area is 155 Å². The number of carbonyl (C=O) groups excluding carboxylic acids is 2. The van der Waals surface area contributed by atoms with Gasteiger partial charge in [-0.1, -0.05) is 6.92 Å². The summed E-state index contributed by atoms with van der Waals surface area (Å²) in [5.41, 5.74) is 0.572. The first-order valence-electron chi connectivity index (χ1n) is 8.35. The van der Waals surface area contributed by atoms with E-state index in [0.717, 1.165) is 5.57 Å². The molecule has 1 fully saturated rings. The maximum Gasteiger partial charge on any atom is 0.355 e. The molecule has 0 aromatic carbocycles. The molecular formula is C17H26N2O4S2. The number of thioether (sulfide) groups is 1. The molecule has 2 unspecified atom stereocenters. The Bertz CT molecular complexity index is 652. The lowest BCUT2D eigenvalue weighted by Gasteiger charge is -2.48. The zero-order valence-corrected chi connectivity index (χ0v) is 17.2. The summed E-state index contributed by atoms with van der Waals surface area (Å²) in [6, 6.07) is -0.521. The third-order valence-electron chi connectivity index (χ3n) is 3.88. The Hall–Kier alpha value is -1.15. The van der Waals surface area contributed by atoms with E-state index in [2.05, 4.69) is 4.99 Å². The van der Waals surface area contributed by atoms with Gasteiger partial charge in [-0.15, -0.1) is 11.8 Å². The van der Waals surface area contributed by atoms with Gasteiger partial charge in [-0.25, -0.2) is 4.79 Å². The Morgan fingerprint density at radius 3 is 2.72 bits per heavy atom. The molecule has 6 nitrogen and oxygen atoms in total. The fourth-order valence-corrected chi connectivity index (χ4v) is 4.63. The van der Waals surface area contributed by atoms with E-state index in [9.17, 15) is 13.8 Å². The normalized spacial score (nSPS) is 26.3. The minimum Gasteiger partial charge on any atom is -0.455 e. The lowest BCUT2D eigenvalue weighted by Crippen LogP contribution is -2.64. The number of hydrogen-bond acceptors (Lipinski definition) is 6. The Morgan fingerprint density at radius 2 is 2.16 bits per heavy atom. The summed E-state index contributed by atoms with van der Waals surface area (Å²) in [6.07, 6.45) is 1.61. The largest absolute Gasteiger partial charge is 0.455 e. The van der Waals surface area contributed by atoms with Crippen molar-refractivity contribution in [2.75, 3.05) is 11.5 Å². The zero-order valence-electron chi connectivity index (χ0n) is 15.6. The minimum absolute atomic E-state index is 0.192. The van der Waals surface area contributed by atoms with E-state index in [-0.39, 0.29) is 16.5 Å². The average molecular weight is 387 g/mol. The van der Waals surface area contributed by atoms with Crippen molar-refractivity contribution in [3.8, 4) is 0 Å². The third-order valence-corrected chi connectivity index (χ3v) is 6.81. The van der Waals surface area contributed by atoms with Gasteiger partial charge in [-0.2, -0.15) is 0 Å². The lowest BCUT2D eigenvalue weighted by molar-refractivity contribution is -0.157. The summed E-state index contributed by atoms with van der Waals surface area (Å²) in [4.78, 5) is 30.9. The first-order valence-corrected chi connectivity index (χ1v) is 10.8. The van der Waals surface area contributed by atoms with E-state index in [1.54, 1.807) is 38.7 Å². The zero-order chi connectivity index (χ0) is 18.9. The van der Waals surface area contributed by atoms with Crippen LogP contribution < -0.4 is 0 Å². The second-order valence-corrected chi connectivity index (χ2v) is 10.3. The molecule has 0 spiro atoms. The molecule has 0 aromatic rings. The van der Waals surface area contributed by atoms with Gasteiger partial charge in [0.1, 0.15) is 16.7 Å². The molecule has 0 N–H and O–H groups in total. The number of fused-ring (bicyclic) bond motifs is 1. The summed E-state index contributed by atoms with van der Waals surface area (Å²) in [6.45, 7) is 10.9. The Kier molecular flexibility index (Phi) is 6.14. The van der Waals surface area contributed by atoms with Gasteiger partial charge in [0.2, 0.25) is 0 Å². The van der Waals surface area contributed by atoms with Crippen LogP contribution in [0, 0.1) is 0 Å². The van der Waals surface area contributed by atoms with Crippen LogP contribution in [0.1, 0.15) is 41.5 Å². The topological polar surface area (TPSA) is 76.0 Å². The highest BCUT2D eigenvalue weighted by Crippen LogP contribution is 2.42. The van der Waals surface area contributed by atoms with Crippen LogP contribution in [0.25, 0.3) is 0 Å². The molecule has 8 heteroatoms. The van der Waals surface area contributed by atoms with Crippen LogP contribution in [-0.2, 0) is 25.1 Å². The highest BCUT2D eigenvalue weighted by atomic mass is 32.2. The van der Waals surface area contributed by atoms with Crippen LogP contribution in [-0.4, -0.2) is 61.0 Å². The molecule has 1 amide bonds. The number of amides is 1. The van der Waals surface area contributed by atoms with Gasteiger partial charge < -0.3 is 4.74 Å². The second-order valence-electron chi connectivity index (χ2n) is 7.16. The van der Waals surface area contributed by atoms with E-state index in [4.69, 9.17) is 4.74 Å². The summed E-state index contributed by atoms with van der Waals surface area (Å²) < 4.78 is 17.2. The molecule has 1 saturated heterocycles. The highest BCUT2D eigenvalue weighted by molar-refractivity contribution is 8.00. The van der Waals surface area contributed by atoms with E-state index in [1.807, 2.05) is 20.8 Å². The van der Waals surface area contributed by atoms with Gasteiger partial charge in [-0.05, 0) is 40.2 Å². The van der Waals surface area contributed by atoms with Crippen LogP contribution in [0.15, 0.2) is 16.3 Å². The summed E-state index contributed by atoms with van der Waals surface area (Å²) >= 11 is 1.59. The maximum atomic E-state index is 12.6. The van der Waals surface area contributed by atoms with Crippen LogP contribution in [0.4, 0.5) is 0 Å². The van der Waals surface area contributed by atoms with Crippen LogP contribution in [0.3, 0.4) is 0 Å². The van der Waals surface area contributed by atoms with Gasteiger partial charge in [0.25, 0.3) is 5.91 Å². The van der Waals surface area contributed by atoms with Crippen molar-refractivity contribution in [1.29, 1.82) is 0 Å². The molecule has 0 radical (unpaired) electrons. The smallest absolute Gasteiger partial charge is 0.355 e. The van der Waals surface area contributed by atoms with Crippen molar-refractivity contribution < 1.29 is 18.5 Å². The maximum absolute atomic E-state index is 12.6. The molecule has 4 atom stereocenters. The molecule has 140 valence electrons. The van der Waals surface area contributed by atoms with Crippen molar-refractivity contribution in [3.05, 3.63) is 11.3 Å². The van der Waals surface area contributed by atoms with Crippen molar-refractivity contribution >= 4 is 40.7 Å². The second kappa shape index (κ2) is 7.61. The van der Waals surface area contributed by atoms with Gasteiger partial charge in [0, 0.05) is 28.5 Å². The Morgan fingerprint density at radius 1 is 1.52 bits per heavy atom. The summed E-state index contributed by atoms with van der Waals surface area (Å²) in [5, 5.41) is -0.389. The predicted molar refractivity (Wildman–Crippen MR) is 102 cm³/mol. The molecule has 2 aliphatic heterocycles. The van der Waals surface area contributed by atoms with Gasteiger partial charge in [0.05, 0.1) is 5.25 Å². The molecule has 2 aliphatic rings. The number of rotatable bonds is 5. The van der Waals surface area contributed by atoms with E-state index < -0.39 is 28.4 Å². The first-order chi connectivity index (χ1) is 11.6. The minimum atomic E-state index is -0.983. The molecule has 2 heterocycles. The molecule has 2 rings (SSSR count). The van der Waals surface area contributed by atoms with Crippen molar-refractivity contribution in [2.45, 2.75) is 63.8 Å². The van der Waals surface area contributed by atoms with Gasteiger partial charge >= 0.3 is 5.97 Å². The summed E-state index contributed by atoms with van der Waals surface area (Å²) in [7, 11) is -0.983. The number of carbonyl (C=O) groups is 2. The predicted octanol–water partition coefficient (Wildman–Crippen LogP) is 2.11. The van der Waals surface area contributed by atoms with Crippen molar-refractivity contribution in [2.24, 2.45) is 4.99 Å². The van der Waals surface area contributed by atoms with E-state index in [0.29, 0.717) is 17.2 Å². The number of esters is 1. The standard InChI is InChI=1S/C17H26N2O4S2/c1-7-25(22)11(3)8-18-12-14(20)19-13(10(2)9-24-15(12)19)16(21)23-17(4,5)6/h8,11-12,15H,7,9H2,1-6H3/t11?,12-,15+,25?/m1/s1. The van der Waals surface area contributed by atoms with Crippen LogP contribution in [0.2, 0.25) is 0 Å². The van der Waals surface area contributed by atoms with Crippen LogP contribution in [0.5, 0.6) is 0 Å². The number of aliphatic imine (C=N–C) groups is 1. The van der Waals surface area contributed by atoms with Gasteiger partial charge in [0.15, 0.2) is 6.04 Å². The van der Waals surface area contributed by atoms with E-state index in [1.165, 1.54) is 4.90 Å². The summed E-state index contributed by atoms with van der Waals surface area (Å²) in [5.74, 6) is 0.543. The number of β-lactam (4-membered cyclic amide) rings is 1. The molecular weight excluding hydrogens is 360 g/mol. The fraction of sp³-hybridized carbons (Fsp3) is 0.706. The molecule has 0 aromatic heterocycles. The number of nitrogens with zero attached hydrogens (tertiary/aromatic N) is 2. The third kappa shape index (κ3) is 4.34. The number of hydrogen-bond donors (Lipinski definition) is 0. The lowest BCUT2D eigenvalue weighted by atomic mass is 10.0. The highest BCUT2D eigenvalue weighted by Gasteiger charge is 2.53. The number of ether oxygens (including phenoxy) is 1. The molecule has 25 heavy (non-hydrogen) atoms. The fourth-order valence-electron chi connectivity index (χ4n) is 2.62. The quantitative estimate of drug-likeness (QED) is 0.411. The first kappa shape index (κ1) is 20.2. The molecule has 0 saturated carbocycles. The molecule has 0 aliphatic carbocycles. The van der Waals surface area contributed by atoms with E-state index >= 15 is 0 Å². The SMILES string of the molecule is CCS(=O)C(C)C=N[C@@H]1C(=O)N2C(C(=O)OC(C)(C)C)=C(C)CS[C@@H]12. The monoisotopic (exact) mass is 386 g/mol. The van der Waals surface area contributed by atoms with Crippen molar-refractivity contribution in [3.63, 3.8) is 0 Å². The Balaban J connectivity index is 2.14. The average Bonchev–Trinajstić information content (AvgIpc) is 2.52. The van der Waals surface area contributed by atoms with Crippen molar-refractivity contribution in [1.82, 2.24) is 4.90 Å². The van der Waals surface area contributed by atoms with Gasteiger partial charge in [-0.3, -0.25) is 18.9 Å². The molecule has 0 bridgehead atoms.